The van der Waals surface area contributed by atoms with Crippen LogP contribution in [-0.4, -0.2) is 54.7 Å². The second-order valence-electron chi connectivity index (χ2n) is 5.01. The van der Waals surface area contributed by atoms with Gasteiger partial charge in [0.15, 0.2) is 0 Å². The van der Waals surface area contributed by atoms with Gasteiger partial charge in [-0.3, -0.25) is 4.55 Å². The lowest BCUT2D eigenvalue weighted by Crippen LogP contribution is -2.72. The van der Waals surface area contributed by atoms with Gasteiger partial charge >= 0.3 is 51.8 Å². The highest BCUT2D eigenvalue weighted by atomic mass is 32.2. The zero-order valence-electron chi connectivity index (χ0n) is 12.6. The van der Waals surface area contributed by atoms with Crippen molar-refractivity contribution in [3.8, 4) is 0 Å². The molecule has 0 saturated carbocycles. The molecule has 0 spiro atoms. The average Bonchev–Trinajstić information content (AvgIpc) is 2.50. The van der Waals surface area contributed by atoms with Crippen LogP contribution in [0.25, 0.3) is 0 Å². The van der Waals surface area contributed by atoms with Crippen LogP contribution in [0.4, 0.5) is 74.6 Å². The Balaban J connectivity index is 6.93. The fraction of sp³-hybridized carbons (Fsp3) is 0.778. The Morgan fingerprint density at radius 3 is 1.07 bits per heavy atom. The van der Waals surface area contributed by atoms with E-state index in [1.807, 2.05) is 0 Å². The maximum Gasteiger partial charge on any atom is 0.460 e. The summed E-state index contributed by atoms with van der Waals surface area (Å²) in [5.41, 5.74) is 0. The molecule has 0 saturated heterocycles. The van der Waals surface area contributed by atoms with E-state index in [0.717, 1.165) is 0 Å². The standard InChI is InChI=1S/C9HF17O3S/c10-1(2(11)30(27,28)29)3(12,13)4(14,15)5(16,17)6(18,19)7(20,21)8(22,23)9(24,25)26/h(H,27,28,29)/b2-1-. The summed E-state index contributed by atoms with van der Waals surface area (Å²) in [6.07, 6.45) is -7.85. The van der Waals surface area contributed by atoms with Gasteiger partial charge < -0.3 is 0 Å². The number of allylic oxidation sites excluding steroid dienone is 1. The molecule has 0 fully saturated rings. The van der Waals surface area contributed by atoms with E-state index in [9.17, 15) is 83.1 Å². The predicted octanol–water partition coefficient (Wildman–Crippen LogP) is 5.36. The van der Waals surface area contributed by atoms with Crippen molar-refractivity contribution >= 4 is 10.1 Å². The van der Waals surface area contributed by atoms with E-state index in [0.29, 0.717) is 0 Å². The molecule has 0 unspecified atom stereocenters. The lowest BCUT2D eigenvalue weighted by atomic mass is 9.91. The zero-order valence-corrected chi connectivity index (χ0v) is 13.4. The van der Waals surface area contributed by atoms with E-state index in [4.69, 9.17) is 4.55 Å². The first kappa shape index (κ1) is 28.5. The SMILES string of the molecule is O=S(=O)(O)/C(F)=C(\F)C(F)(F)C(F)(F)C(F)(F)C(F)(F)C(F)(F)C(F)(F)C(F)(F)F. The van der Waals surface area contributed by atoms with Crippen molar-refractivity contribution in [3.63, 3.8) is 0 Å². The van der Waals surface area contributed by atoms with Gasteiger partial charge in [0.2, 0.25) is 5.83 Å². The van der Waals surface area contributed by atoms with Crippen molar-refractivity contribution in [1.82, 2.24) is 0 Å². The molecule has 1 N–H and O–H groups in total. The summed E-state index contributed by atoms with van der Waals surface area (Å²) < 4.78 is 244. The van der Waals surface area contributed by atoms with E-state index >= 15 is 0 Å². The molecular formula is C9HF17O3S. The molecule has 3 nitrogen and oxygen atoms in total. The van der Waals surface area contributed by atoms with E-state index < -0.39 is 62.8 Å². The third-order valence-corrected chi connectivity index (χ3v) is 3.63. The van der Waals surface area contributed by atoms with E-state index in [-0.39, 0.29) is 0 Å². The van der Waals surface area contributed by atoms with Gasteiger partial charge in [0.05, 0.1) is 0 Å². The van der Waals surface area contributed by atoms with Crippen LogP contribution in [-0.2, 0) is 10.1 Å². The lowest BCUT2D eigenvalue weighted by Gasteiger charge is -2.41. The molecule has 21 heteroatoms. The van der Waals surface area contributed by atoms with Crippen LogP contribution >= 0.6 is 0 Å². The molecule has 0 amide bonds. The van der Waals surface area contributed by atoms with Crippen molar-refractivity contribution in [2.45, 2.75) is 41.7 Å². The first-order valence-corrected chi connectivity index (χ1v) is 7.37. The van der Waals surface area contributed by atoms with Gasteiger partial charge in [0.25, 0.3) is 5.16 Å². The van der Waals surface area contributed by atoms with Gasteiger partial charge in [-0.2, -0.15) is 78.7 Å². The lowest BCUT2D eigenvalue weighted by molar-refractivity contribution is -0.450. The highest BCUT2D eigenvalue weighted by Crippen LogP contribution is 2.63. The van der Waals surface area contributed by atoms with Crippen molar-refractivity contribution < 1.29 is 87.6 Å². The maximum atomic E-state index is 13.1. The zero-order chi connectivity index (χ0) is 25.2. The second kappa shape index (κ2) is 6.99. The van der Waals surface area contributed by atoms with E-state index in [2.05, 4.69) is 0 Å². The van der Waals surface area contributed by atoms with Crippen LogP contribution in [0.2, 0.25) is 0 Å². The van der Waals surface area contributed by atoms with Gasteiger partial charge in [-0.05, 0) is 0 Å². The minimum Gasteiger partial charge on any atom is -0.280 e. The summed E-state index contributed by atoms with van der Waals surface area (Å²) in [6, 6.07) is 0. The van der Waals surface area contributed by atoms with Gasteiger partial charge in [-0.1, -0.05) is 0 Å². The minimum absolute atomic E-state index is 4.43. The second-order valence-corrected chi connectivity index (χ2v) is 6.32. The van der Waals surface area contributed by atoms with Crippen LogP contribution in [0.3, 0.4) is 0 Å². The van der Waals surface area contributed by atoms with Gasteiger partial charge in [0, 0.05) is 0 Å². The van der Waals surface area contributed by atoms with Crippen molar-refractivity contribution in [2.75, 3.05) is 0 Å². The van der Waals surface area contributed by atoms with Crippen molar-refractivity contribution in [3.05, 3.63) is 11.0 Å². The summed E-state index contributed by atoms with van der Waals surface area (Å²) in [7, 11) is -6.92. The molecule has 0 aliphatic heterocycles. The molecule has 0 aromatic carbocycles. The number of hydrogen-bond donors (Lipinski definition) is 1. The average molecular weight is 512 g/mol. The fourth-order valence-electron chi connectivity index (χ4n) is 1.34. The fourth-order valence-corrected chi connectivity index (χ4v) is 1.70. The van der Waals surface area contributed by atoms with Crippen LogP contribution in [0.15, 0.2) is 11.0 Å². The summed E-state index contributed by atoms with van der Waals surface area (Å²) in [4.78, 5) is 0. The number of rotatable bonds is 7. The topological polar surface area (TPSA) is 54.4 Å². The predicted molar refractivity (Wildman–Crippen MR) is 56.5 cm³/mol. The molecule has 0 atom stereocenters. The molecule has 0 bridgehead atoms. The highest BCUT2D eigenvalue weighted by Gasteiger charge is 2.93. The largest absolute Gasteiger partial charge is 0.460 e. The van der Waals surface area contributed by atoms with Crippen LogP contribution in [0.1, 0.15) is 0 Å². The van der Waals surface area contributed by atoms with Crippen LogP contribution in [0.5, 0.6) is 0 Å². The van der Waals surface area contributed by atoms with Crippen LogP contribution < -0.4 is 0 Å². The number of hydrogen-bond acceptors (Lipinski definition) is 2. The summed E-state index contributed by atoms with van der Waals surface area (Å²) in [5.74, 6) is -55.8. The van der Waals surface area contributed by atoms with E-state index in [1.54, 1.807) is 0 Å². The highest BCUT2D eigenvalue weighted by molar-refractivity contribution is 7.89. The van der Waals surface area contributed by atoms with Crippen molar-refractivity contribution in [2.24, 2.45) is 0 Å². The van der Waals surface area contributed by atoms with E-state index in [1.165, 1.54) is 0 Å². The first-order chi connectivity index (χ1) is 12.6. The summed E-state index contributed by atoms with van der Waals surface area (Å²) in [6.45, 7) is 0. The number of alkyl halides is 15. The first-order valence-electron chi connectivity index (χ1n) is 5.93. The molecule has 0 aliphatic rings. The maximum absolute atomic E-state index is 13.1. The quantitative estimate of drug-likeness (QED) is 0.370. The molecule has 0 heterocycles. The van der Waals surface area contributed by atoms with Gasteiger partial charge in [-0.25, -0.2) is 4.39 Å². The van der Waals surface area contributed by atoms with Crippen molar-refractivity contribution in [1.29, 1.82) is 0 Å². The molecule has 30 heavy (non-hydrogen) atoms. The van der Waals surface area contributed by atoms with Gasteiger partial charge in [-0.15, -0.1) is 0 Å². The molecule has 0 aromatic heterocycles. The molecule has 0 aliphatic carbocycles. The summed E-state index contributed by atoms with van der Waals surface area (Å²) in [5, 5.41) is -4.43. The van der Waals surface area contributed by atoms with Gasteiger partial charge in [0.1, 0.15) is 0 Å². The Kier molecular flexibility index (Phi) is 6.63. The summed E-state index contributed by atoms with van der Waals surface area (Å²) >= 11 is 0. The molecule has 0 radical (unpaired) electrons. The normalized spacial score (nSPS) is 17.1. The van der Waals surface area contributed by atoms with Crippen LogP contribution in [0, 0.1) is 0 Å². The molecule has 0 aromatic rings. The third-order valence-electron chi connectivity index (χ3n) is 3.00. The number of halogens is 17. The molecular weight excluding hydrogens is 511 g/mol. The third kappa shape index (κ3) is 3.66. The Morgan fingerprint density at radius 2 is 0.800 bits per heavy atom. The Morgan fingerprint density at radius 1 is 0.533 bits per heavy atom. The molecule has 0 rings (SSSR count). The Hall–Kier alpha value is -1.54. The smallest absolute Gasteiger partial charge is 0.280 e. The minimum atomic E-state index is -8.76. The Labute approximate surface area is 151 Å². The molecule has 180 valence electrons. The monoisotopic (exact) mass is 512 g/mol. The Bertz CT molecular complexity index is 805.